The molecule has 3 heteroatoms. The van der Waals surface area contributed by atoms with Crippen molar-refractivity contribution in [3.63, 3.8) is 0 Å². The van der Waals surface area contributed by atoms with Gasteiger partial charge < -0.3 is 9.88 Å². The van der Waals surface area contributed by atoms with Crippen molar-refractivity contribution in [2.45, 2.75) is 44.6 Å². The van der Waals surface area contributed by atoms with Gasteiger partial charge in [-0.3, -0.25) is 0 Å². The molecule has 3 nitrogen and oxygen atoms in total. The third-order valence-corrected chi connectivity index (χ3v) is 3.74. The summed E-state index contributed by atoms with van der Waals surface area (Å²) in [5.41, 5.74) is 1.47. The number of aryl methyl sites for hydroxylation is 1. The van der Waals surface area contributed by atoms with Crippen molar-refractivity contribution in [3.05, 3.63) is 17.7 Å². The first kappa shape index (κ1) is 9.40. The van der Waals surface area contributed by atoms with Crippen molar-refractivity contribution in [1.82, 2.24) is 14.9 Å². The number of hydrogen-bond acceptors (Lipinski definition) is 2. The first-order chi connectivity index (χ1) is 7.45. The Labute approximate surface area is 90.9 Å². The van der Waals surface area contributed by atoms with Gasteiger partial charge in [0.05, 0.1) is 0 Å². The Morgan fingerprint density at radius 1 is 1.27 bits per heavy atom. The number of rotatable bonds is 1. The third-order valence-electron chi connectivity index (χ3n) is 3.74. The van der Waals surface area contributed by atoms with Crippen LogP contribution in [0.25, 0.3) is 0 Å². The van der Waals surface area contributed by atoms with Gasteiger partial charge in [-0.25, -0.2) is 4.98 Å². The van der Waals surface area contributed by atoms with Crippen molar-refractivity contribution in [3.8, 4) is 0 Å². The lowest BCUT2D eigenvalue weighted by molar-refractivity contribution is 0.416. The lowest BCUT2D eigenvalue weighted by Crippen LogP contribution is -2.28. The molecule has 0 saturated carbocycles. The zero-order valence-electron chi connectivity index (χ0n) is 9.21. The summed E-state index contributed by atoms with van der Waals surface area (Å²) in [6, 6.07) is 0. The summed E-state index contributed by atoms with van der Waals surface area (Å²) in [6.07, 6.45) is 8.54. The molecule has 0 aliphatic carbocycles. The number of fused-ring (bicyclic) bond motifs is 1. The lowest BCUT2D eigenvalue weighted by Gasteiger charge is -2.25. The SMILES string of the molecule is c1nc(C2CCNCC2)n2c1CCCC2. The van der Waals surface area contributed by atoms with Crippen molar-refractivity contribution in [1.29, 1.82) is 0 Å². The molecule has 15 heavy (non-hydrogen) atoms. The Kier molecular flexibility index (Phi) is 2.49. The van der Waals surface area contributed by atoms with Gasteiger partial charge in [-0.15, -0.1) is 0 Å². The highest BCUT2D eigenvalue weighted by Crippen LogP contribution is 2.27. The first-order valence-electron chi connectivity index (χ1n) is 6.20. The average Bonchev–Trinajstić information content (AvgIpc) is 2.74. The molecule has 0 amide bonds. The van der Waals surface area contributed by atoms with Crippen LogP contribution in [-0.4, -0.2) is 22.6 Å². The second-order valence-corrected chi connectivity index (χ2v) is 4.74. The molecule has 0 unspecified atom stereocenters. The van der Waals surface area contributed by atoms with Gasteiger partial charge in [-0.2, -0.15) is 0 Å². The second-order valence-electron chi connectivity index (χ2n) is 4.74. The van der Waals surface area contributed by atoms with E-state index in [0.717, 1.165) is 13.1 Å². The van der Waals surface area contributed by atoms with E-state index in [9.17, 15) is 0 Å². The van der Waals surface area contributed by atoms with Crippen LogP contribution in [0.3, 0.4) is 0 Å². The minimum Gasteiger partial charge on any atom is -0.332 e. The highest BCUT2D eigenvalue weighted by atomic mass is 15.1. The number of piperidine rings is 1. The lowest BCUT2D eigenvalue weighted by atomic mass is 9.97. The van der Waals surface area contributed by atoms with E-state index in [1.54, 1.807) is 0 Å². The normalized spacial score (nSPS) is 22.7. The molecule has 3 heterocycles. The number of aromatic nitrogens is 2. The fraction of sp³-hybridized carbons (Fsp3) is 0.750. The Balaban J connectivity index is 1.87. The average molecular weight is 205 g/mol. The maximum absolute atomic E-state index is 4.66. The molecule has 0 bridgehead atoms. The van der Waals surface area contributed by atoms with Crippen LogP contribution >= 0.6 is 0 Å². The Morgan fingerprint density at radius 3 is 3.00 bits per heavy atom. The zero-order chi connectivity index (χ0) is 10.1. The second kappa shape index (κ2) is 3.97. The van der Waals surface area contributed by atoms with Gasteiger partial charge in [0.15, 0.2) is 0 Å². The molecule has 1 saturated heterocycles. The van der Waals surface area contributed by atoms with E-state index in [1.165, 1.54) is 50.2 Å². The third kappa shape index (κ3) is 1.69. The summed E-state index contributed by atoms with van der Waals surface area (Å²) in [4.78, 5) is 4.66. The number of hydrogen-bond donors (Lipinski definition) is 1. The van der Waals surface area contributed by atoms with E-state index in [0.29, 0.717) is 5.92 Å². The fourth-order valence-corrected chi connectivity index (χ4v) is 2.87. The monoisotopic (exact) mass is 205 g/mol. The highest BCUT2D eigenvalue weighted by Gasteiger charge is 2.22. The Hall–Kier alpha value is -0.830. The van der Waals surface area contributed by atoms with Gasteiger partial charge in [0.2, 0.25) is 0 Å². The quantitative estimate of drug-likeness (QED) is 0.756. The molecule has 2 aliphatic heterocycles. The van der Waals surface area contributed by atoms with E-state index in [2.05, 4.69) is 21.1 Å². The fourth-order valence-electron chi connectivity index (χ4n) is 2.87. The van der Waals surface area contributed by atoms with Crippen LogP contribution in [-0.2, 0) is 13.0 Å². The first-order valence-corrected chi connectivity index (χ1v) is 6.20. The topological polar surface area (TPSA) is 29.9 Å². The maximum Gasteiger partial charge on any atom is 0.112 e. The van der Waals surface area contributed by atoms with E-state index >= 15 is 0 Å². The minimum atomic E-state index is 0.707. The molecule has 0 aromatic carbocycles. The Morgan fingerprint density at radius 2 is 2.13 bits per heavy atom. The van der Waals surface area contributed by atoms with Crippen molar-refractivity contribution < 1.29 is 0 Å². The largest absolute Gasteiger partial charge is 0.332 e. The van der Waals surface area contributed by atoms with Crippen molar-refractivity contribution in [2.75, 3.05) is 13.1 Å². The summed E-state index contributed by atoms with van der Waals surface area (Å²) < 4.78 is 2.49. The van der Waals surface area contributed by atoms with E-state index < -0.39 is 0 Å². The summed E-state index contributed by atoms with van der Waals surface area (Å²) in [6.45, 7) is 3.52. The van der Waals surface area contributed by atoms with Gasteiger partial charge in [0.1, 0.15) is 5.82 Å². The van der Waals surface area contributed by atoms with Gasteiger partial charge in [-0.1, -0.05) is 0 Å². The molecule has 1 fully saturated rings. The Bertz CT molecular complexity index is 337. The number of nitrogens with zero attached hydrogens (tertiary/aromatic N) is 2. The van der Waals surface area contributed by atoms with Crippen molar-refractivity contribution in [2.24, 2.45) is 0 Å². The van der Waals surface area contributed by atoms with Gasteiger partial charge in [0.25, 0.3) is 0 Å². The smallest absolute Gasteiger partial charge is 0.112 e. The number of imidazole rings is 1. The molecule has 82 valence electrons. The molecule has 3 rings (SSSR count). The number of nitrogens with one attached hydrogen (secondary N) is 1. The molecule has 0 radical (unpaired) electrons. The molecular formula is C12H19N3. The molecule has 1 aromatic rings. The minimum absolute atomic E-state index is 0.707. The van der Waals surface area contributed by atoms with E-state index in [1.807, 2.05) is 0 Å². The van der Waals surface area contributed by atoms with Gasteiger partial charge in [0, 0.05) is 24.4 Å². The zero-order valence-corrected chi connectivity index (χ0v) is 9.21. The van der Waals surface area contributed by atoms with Crippen LogP contribution in [0, 0.1) is 0 Å². The maximum atomic E-state index is 4.66. The predicted octanol–water partition coefficient (Wildman–Crippen LogP) is 1.69. The standard InChI is InChI=1S/C12H19N3/c1-2-8-15-11(3-1)9-14-12(15)10-4-6-13-7-5-10/h9-10,13H,1-8H2. The van der Waals surface area contributed by atoms with Gasteiger partial charge in [-0.05, 0) is 45.2 Å². The van der Waals surface area contributed by atoms with Crippen LogP contribution in [0.1, 0.15) is 43.1 Å². The predicted molar refractivity (Wildman–Crippen MR) is 60.0 cm³/mol. The van der Waals surface area contributed by atoms with Crippen LogP contribution in [0.15, 0.2) is 6.20 Å². The van der Waals surface area contributed by atoms with Crippen LogP contribution in [0.2, 0.25) is 0 Å². The summed E-state index contributed by atoms with van der Waals surface area (Å²) in [5.74, 6) is 2.07. The van der Waals surface area contributed by atoms with Crippen LogP contribution < -0.4 is 5.32 Å². The summed E-state index contributed by atoms with van der Waals surface area (Å²) in [7, 11) is 0. The summed E-state index contributed by atoms with van der Waals surface area (Å²) >= 11 is 0. The van der Waals surface area contributed by atoms with E-state index in [-0.39, 0.29) is 0 Å². The van der Waals surface area contributed by atoms with E-state index in [4.69, 9.17) is 0 Å². The molecular weight excluding hydrogens is 186 g/mol. The molecule has 0 atom stereocenters. The van der Waals surface area contributed by atoms with Gasteiger partial charge >= 0.3 is 0 Å². The van der Waals surface area contributed by atoms with Crippen molar-refractivity contribution >= 4 is 0 Å². The molecule has 2 aliphatic rings. The molecule has 1 N–H and O–H groups in total. The van der Waals surface area contributed by atoms with Crippen LogP contribution in [0.4, 0.5) is 0 Å². The van der Waals surface area contributed by atoms with Crippen LogP contribution in [0.5, 0.6) is 0 Å². The molecule has 1 aromatic heterocycles. The summed E-state index contributed by atoms with van der Waals surface area (Å²) in [5, 5.41) is 3.42. The molecule has 0 spiro atoms. The highest BCUT2D eigenvalue weighted by molar-refractivity contribution is 5.12.